The van der Waals surface area contributed by atoms with Crippen molar-refractivity contribution in [2.75, 3.05) is 0 Å². The number of alkyl halides is 3. The highest BCUT2D eigenvalue weighted by atomic mass is 19.4. The van der Waals surface area contributed by atoms with Gasteiger partial charge >= 0.3 is 6.18 Å². The number of benzene rings is 1. The van der Waals surface area contributed by atoms with Crippen LogP contribution in [0.4, 0.5) is 17.6 Å². The van der Waals surface area contributed by atoms with Crippen molar-refractivity contribution in [2.24, 2.45) is 5.84 Å². The molecule has 17 heavy (non-hydrogen) atoms. The van der Waals surface area contributed by atoms with Gasteiger partial charge in [0.15, 0.2) is 0 Å². The molecule has 3 N–H and O–H groups in total. The van der Waals surface area contributed by atoms with Crippen LogP contribution in [0.2, 0.25) is 0 Å². The Labute approximate surface area is 96.8 Å². The molecule has 1 atom stereocenters. The monoisotopic (exact) mass is 250 g/mol. The van der Waals surface area contributed by atoms with E-state index in [-0.39, 0.29) is 12.0 Å². The Morgan fingerprint density at radius 1 is 1.35 bits per heavy atom. The maximum absolute atomic E-state index is 13.7. The van der Waals surface area contributed by atoms with Gasteiger partial charge in [-0.15, -0.1) is 0 Å². The summed E-state index contributed by atoms with van der Waals surface area (Å²) < 4.78 is 49.9. The second-order valence-corrected chi connectivity index (χ2v) is 3.85. The highest BCUT2D eigenvalue weighted by molar-refractivity contribution is 5.27. The van der Waals surface area contributed by atoms with Crippen molar-refractivity contribution in [3.63, 3.8) is 0 Å². The van der Waals surface area contributed by atoms with Gasteiger partial charge in [-0.2, -0.15) is 13.2 Å². The molecule has 6 heteroatoms. The first-order valence-electron chi connectivity index (χ1n) is 5.13. The third-order valence-electron chi connectivity index (χ3n) is 2.51. The molecule has 0 fully saturated rings. The summed E-state index contributed by atoms with van der Waals surface area (Å²) >= 11 is 0. The molecule has 0 spiro atoms. The maximum atomic E-state index is 13.7. The fourth-order valence-electron chi connectivity index (χ4n) is 1.58. The number of halogens is 4. The molecule has 0 saturated heterocycles. The molecule has 96 valence electrons. The number of nitrogens with two attached hydrogens (primary N) is 1. The first-order chi connectivity index (χ1) is 7.85. The molecular formula is C11H14F4N2. The van der Waals surface area contributed by atoms with Crippen LogP contribution in [0, 0.1) is 12.7 Å². The molecule has 0 radical (unpaired) electrons. The van der Waals surface area contributed by atoms with Crippen molar-refractivity contribution in [3.8, 4) is 0 Å². The van der Waals surface area contributed by atoms with Gasteiger partial charge in [-0.3, -0.25) is 11.3 Å². The smallest absolute Gasteiger partial charge is 0.271 e. The second-order valence-electron chi connectivity index (χ2n) is 3.85. The van der Waals surface area contributed by atoms with Gasteiger partial charge in [0.25, 0.3) is 0 Å². The van der Waals surface area contributed by atoms with Crippen LogP contribution in [-0.4, -0.2) is 6.18 Å². The van der Waals surface area contributed by atoms with Crippen molar-refractivity contribution in [1.82, 2.24) is 5.43 Å². The van der Waals surface area contributed by atoms with Gasteiger partial charge in [0.1, 0.15) is 5.82 Å². The minimum Gasteiger partial charge on any atom is -0.271 e. The lowest BCUT2D eigenvalue weighted by Gasteiger charge is -2.18. The van der Waals surface area contributed by atoms with Crippen molar-refractivity contribution < 1.29 is 17.6 Å². The van der Waals surface area contributed by atoms with E-state index in [2.05, 4.69) is 5.43 Å². The van der Waals surface area contributed by atoms with Crippen molar-refractivity contribution in [3.05, 3.63) is 35.1 Å². The summed E-state index contributed by atoms with van der Waals surface area (Å²) in [5.74, 6) is 4.65. The normalized spacial score (nSPS) is 13.8. The van der Waals surface area contributed by atoms with Crippen molar-refractivity contribution in [2.45, 2.75) is 32.0 Å². The van der Waals surface area contributed by atoms with Crippen LogP contribution in [0.5, 0.6) is 0 Å². The van der Waals surface area contributed by atoms with Crippen LogP contribution < -0.4 is 11.3 Å². The van der Waals surface area contributed by atoms with E-state index in [4.69, 9.17) is 5.84 Å². The molecule has 0 aromatic heterocycles. The molecule has 1 rings (SSSR count). The number of aryl methyl sites for hydroxylation is 1. The Morgan fingerprint density at radius 3 is 2.53 bits per heavy atom. The van der Waals surface area contributed by atoms with Gasteiger partial charge < -0.3 is 0 Å². The molecule has 1 aromatic rings. The van der Waals surface area contributed by atoms with Crippen LogP contribution >= 0.6 is 0 Å². The van der Waals surface area contributed by atoms with Gasteiger partial charge in [0, 0.05) is 18.0 Å². The quantitative estimate of drug-likeness (QED) is 0.490. The third kappa shape index (κ3) is 3.98. The molecule has 2 nitrogen and oxygen atoms in total. The minimum atomic E-state index is -4.27. The van der Waals surface area contributed by atoms with Crippen LogP contribution in [0.3, 0.4) is 0 Å². The average molecular weight is 250 g/mol. The van der Waals surface area contributed by atoms with Gasteiger partial charge in [-0.05, 0) is 18.9 Å². The van der Waals surface area contributed by atoms with E-state index < -0.39 is 24.5 Å². The fourth-order valence-corrected chi connectivity index (χ4v) is 1.58. The molecule has 0 aliphatic carbocycles. The Kier molecular flexibility index (Phi) is 4.47. The van der Waals surface area contributed by atoms with Gasteiger partial charge in [0.2, 0.25) is 0 Å². The lowest BCUT2D eigenvalue weighted by atomic mass is 10.00. The number of hydrazine groups is 1. The first-order valence-corrected chi connectivity index (χ1v) is 5.13. The second kappa shape index (κ2) is 5.46. The topological polar surface area (TPSA) is 38.0 Å². The van der Waals surface area contributed by atoms with Gasteiger partial charge in [0.05, 0.1) is 0 Å². The highest BCUT2D eigenvalue weighted by Crippen LogP contribution is 2.28. The van der Waals surface area contributed by atoms with E-state index in [0.29, 0.717) is 5.56 Å². The lowest BCUT2D eigenvalue weighted by molar-refractivity contribution is -0.136. The summed E-state index contributed by atoms with van der Waals surface area (Å²) in [5, 5.41) is 0. The van der Waals surface area contributed by atoms with E-state index in [1.54, 1.807) is 19.1 Å². The maximum Gasteiger partial charge on any atom is 0.389 e. The van der Waals surface area contributed by atoms with Crippen molar-refractivity contribution >= 4 is 0 Å². The zero-order valence-electron chi connectivity index (χ0n) is 9.31. The number of nitrogens with one attached hydrogen (secondary N) is 1. The van der Waals surface area contributed by atoms with Crippen LogP contribution in [0.25, 0.3) is 0 Å². The molecular weight excluding hydrogens is 236 g/mol. The van der Waals surface area contributed by atoms with E-state index >= 15 is 0 Å². The molecule has 0 aliphatic rings. The van der Waals surface area contributed by atoms with E-state index in [1.807, 2.05) is 0 Å². The highest BCUT2D eigenvalue weighted by Gasteiger charge is 2.29. The molecule has 1 aromatic carbocycles. The van der Waals surface area contributed by atoms with Crippen LogP contribution in [0.15, 0.2) is 18.2 Å². The van der Waals surface area contributed by atoms with Crippen LogP contribution in [-0.2, 0) is 0 Å². The summed E-state index contributed by atoms with van der Waals surface area (Å²) in [6.07, 6.45) is -5.56. The average Bonchev–Trinajstić information content (AvgIpc) is 2.23. The Bertz CT molecular complexity index is 376. The zero-order valence-corrected chi connectivity index (χ0v) is 9.31. The molecule has 1 unspecified atom stereocenters. The third-order valence-corrected chi connectivity index (χ3v) is 2.51. The van der Waals surface area contributed by atoms with Crippen molar-refractivity contribution in [1.29, 1.82) is 0 Å². The zero-order chi connectivity index (χ0) is 13.1. The standard InChI is InChI=1S/C11H14F4N2/c1-7-3-2-4-8(10(7)12)9(17-16)5-6-11(13,14)15/h2-4,9,17H,5-6,16H2,1H3. The number of hydrogen-bond acceptors (Lipinski definition) is 2. The Hall–Kier alpha value is -1.14. The fraction of sp³-hybridized carbons (Fsp3) is 0.455. The minimum absolute atomic E-state index is 0.164. The van der Waals surface area contributed by atoms with Gasteiger partial charge in [-0.25, -0.2) is 4.39 Å². The van der Waals surface area contributed by atoms with Gasteiger partial charge in [-0.1, -0.05) is 18.2 Å². The SMILES string of the molecule is Cc1cccc(C(CCC(F)(F)F)NN)c1F. The molecule has 0 heterocycles. The van der Waals surface area contributed by atoms with E-state index in [0.717, 1.165) is 0 Å². The van der Waals surface area contributed by atoms with E-state index in [1.165, 1.54) is 6.07 Å². The summed E-state index contributed by atoms with van der Waals surface area (Å²) in [6, 6.07) is 3.74. The number of rotatable bonds is 4. The summed E-state index contributed by atoms with van der Waals surface area (Å²) in [5.41, 5.74) is 2.77. The predicted octanol–water partition coefficient (Wildman–Crippen LogP) is 2.98. The van der Waals surface area contributed by atoms with Crippen LogP contribution in [0.1, 0.15) is 30.0 Å². The molecule has 0 aliphatic heterocycles. The first kappa shape index (κ1) is 13.9. The summed E-state index contributed by atoms with van der Waals surface area (Å²) in [7, 11) is 0. The molecule has 0 bridgehead atoms. The molecule has 0 amide bonds. The lowest BCUT2D eigenvalue weighted by Crippen LogP contribution is -2.30. The summed E-state index contributed by atoms with van der Waals surface area (Å²) in [4.78, 5) is 0. The predicted molar refractivity (Wildman–Crippen MR) is 56.5 cm³/mol. The molecule has 0 saturated carbocycles. The Balaban J connectivity index is 2.83. The van der Waals surface area contributed by atoms with E-state index in [9.17, 15) is 17.6 Å². The Morgan fingerprint density at radius 2 is 2.00 bits per heavy atom. The number of hydrogen-bond donors (Lipinski definition) is 2. The summed E-state index contributed by atoms with van der Waals surface area (Å²) in [6.45, 7) is 1.55. The largest absolute Gasteiger partial charge is 0.389 e.